The molecule has 1 N–H and O–H groups in total. The fourth-order valence-corrected chi connectivity index (χ4v) is 3.41. The minimum Gasteiger partial charge on any atom is -0.379 e. The maximum atomic E-state index is 12.7. The van der Waals surface area contributed by atoms with Crippen molar-refractivity contribution in [2.45, 2.75) is 32.7 Å². The predicted molar refractivity (Wildman–Crippen MR) is 83.9 cm³/mol. The maximum absolute atomic E-state index is 12.7. The predicted octanol–water partition coefficient (Wildman–Crippen LogP) is 1.33. The van der Waals surface area contributed by atoms with Crippen LogP contribution in [0.2, 0.25) is 0 Å². The molecule has 1 aromatic rings. The van der Waals surface area contributed by atoms with Gasteiger partial charge in [-0.3, -0.25) is 9.69 Å². The Morgan fingerprint density at radius 2 is 2.09 bits per heavy atom. The van der Waals surface area contributed by atoms with Crippen LogP contribution >= 0.6 is 0 Å². The molecular formula is C16H26N4O2. The Kier molecular flexibility index (Phi) is 4.49. The van der Waals surface area contributed by atoms with Gasteiger partial charge in [0.2, 0.25) is 0 Å². The van der Waals surface area contributed by atoms with Gasteiger partial charge in [-0.25, -0.2) is 4.98 Å². The Morgan fingerprint density at radius 3 is 2.73 bits per heavy atom. The lowest BCUT2D eigenvalue weighted by Crippen LogP contribution is -2.47. The molecule has 2 atom stereocenters. The number of aromatic nitrogens is 2. The summed E-state index contributed by atoms with van der Waals surface area (Å²) in [6.07, 6.45) is 1.67. The number of carbonyl (C=O) groups is 1. The smallest absolute Gasteiger partial charge is 0.271 e. The van der Waals surface area contributed by atoms with E-state index in [0.29, 0.717) is 23.6 Å². The lowest BCUT2D eigenvalue weighted by atomic mass is 10.0. The molecule has 1 aromatic heterocycles. The van der Waals surface area contributed by atoms with Gasteiger partial charge in [0, 0.05) is 38.1 Å². The minimum atomic E-state index is 0.0713. The number of imidazole rings is 1. The van der Waals surface area contributed by atoms with Gasteiger partial charge in [0.1, 0.15) is 11.5 Å². The first-order valence-corrected chi connectivity index (χ1v) is 8.22. The van der Waals surface area contributed by atoms with Crippen molar-refractivity contribution in [1.82, 2.24) is 19.8 Å². The fraction of sp³-hybridized carbons (Fsp3) is 0.750. The molecule has 3 heterocycles. The van der Waals surface area contributed by atoms with Crippen molar-refractivity contribution in [2.24, 2.45) is 5.92 Å². The molecule has 6 nitrogen and oxygen atoms in total. The van der Waals surface area contributed by atoms with Crippen LogP contribution in [0.5, 0.6) is 0 Å². The molecule has 2 unspecified atom stereocenters. The summed E-state index contributed by atoms with van der Waals surface area (Å²) in [6.45, 7) is 11.5. The number of hydrogen-bond acceptors (Lipinski definition) is 4. The molecule has 2 aliphatic rings. The van der Waals surface area contributed by atoms with E-state index in [1.807, 2.05) is 4.90 Å². The summed E-state index contributed by atoms with van der Waals surface area (Å²) < 4.78 is 5.43. The summed E-state index contributed by atoms with van der Waals surface area (Å²) in [5.74, 6) is 1.75. The van der Waals surface area contributed by atoms with Gasteiger partial charge in [-0.1, -0.05) is 20.8 Å². The number of morpholine rings is 1. The van der Waals surface area contributed by atoms with Crippen LogP contribution in [0.4, 0.5) is 0 Å². The quantitative estimate of drug-likeness (QED) is 0.915. The number of aromatic amines is 1. The molecule has 0 bridgehead atoms. The third kappa shape index (κ3) is 3.03. The standard InChI is InChI=1S/C16H26N4O2/c1-11(2)15-17-8-13(18-15)16(21)20-9-12(3)14(10-20)19-4-6-22-7-5-19/h8,11-12,14H,4-7,9-10H2,1-3H3,(H,17,18). The number of H-pyrrole nitrogens is 1. The highest BCUT2D eigenvalue weighted by Gasteiger charge is 2.37. The van der Waals surface area contributed by atoms with Crippen molar-refractivity contribution in [3.8, 4) is 0 Å². The topological polar surface area (TPSA) is 61.5 Å². The largest absolute Gasteiger partial charge is 0.379 e. The van der Waals surface area contributed by atoms with Crippen LogP contribution in [0, 0.1) is 5.92 Å². The molecule has 1 amide bonds. The first-order valence-electron chi connectivity index (χ1n) is 8.22. The second kappa shape index (κ2) is 6.38. The normalized spacial score (nSPS) is 26.8. The van der Waals surface area contributed by atoms with Crippen LogP contribution in [-0.2, 0) is 4.74 Å². The van der Waals surface area contributed by atoms with E-state index in [1.54, 1.807) is 6.20 Å². The van der Waals surface area contributed by atoms with E-state index in [1.165, 1.54) is 0 Å². The number of likely N-dealkylation sites (tertiary alicyclic amines) is 1. The zero-order chi connectivity index (χ0) is 15.7. The van der Waals surface area contributed by atoms with E-state index >= 15 is 0 Å². The third-order valence-corrected chi connectivity index (χ3v) is 4.75. The third-order valence-electron chi connectivity index (χ3n) is 4.75. The Balaban J connectivity index is 1.66. The first kappa shape index (κ1) is 15.5. The van der Waals surface area contributed by atoms with Crippen molar-refractivity contribution in [3.63, 3.8) is 0 Å². The monoisotopic (exact) mass is 306 g/mol. The second-order valence-electron chi connectivity index (χ2n) is 6.74. The van der Waals surface area contributed by atoms with Gasteiger partial charge in [-0.05, 0) is 5.92 Å². The second-order valence-corrected chi connectivity index (χ2v) is 6.74. The number of carbonyl (C=O) groups excluding carboxylic acids is 1. The molecule has 0 spiro atoms. The van der Waals surface area contributed by atoms with Crippen LogP contribution in [0.25, 0.3) is 0 Å². The summed E-state index contributed by atoms with van der Waals surface area (Å²) in [7, 11) is 0. The molecule has 2 fully saturated rings. The van der Waals surface area contributed by atoms with E-state index in [0.717, 1.165) is 45.2 Å². The highest BCUT2D eigenvalue weighted by atomic mass is 16.5. The Bertz CT molecular complexity index is 522. The lowest BCUT2D eigenvalue weighted by Gasteiger charge is -2.33. The Morgan fingerprint density at radius 1 is 1.36 bits per heavy atom. The van der Waals surface area contributed by atoms with Crippen molar-refractivity contribution < 1.29 is 9.53 Å². The van der Waals surface area contributed by atoms with Crippen molar-refractivity contribution >= 4 is 5.91 Å². The van der Waals surface area contributed by atoms with E-state index in [2.05, 4.69) is 35.6 Å². The Labute approximate surface area is 131 Å². The van der Waals surface area contributed by atoms with Crippen LogP contribution in [0.15, 0.2) is 6.20 Å². The Hall–Kier alpha value is -1.40. The van der Waals surface area contributed by atoms with Gasteiger partial charge in [0.25, 0.3) is 5.91 Å². The van der Waals surface area contributed by atoms with Gasteiger partial charge in [-0.15, -0.1) is 0 Å². The summed E-state index contributed by atoms with van der Waals surface area (Å²) in [6, 6.07) is 0.445. The molecule has 0 aliphatic carbocycles. The molecule has 0 radical (unpaired) electrons. The molecule has 0 aromatic carbocycles. The number of amides is 1. The molecular weight excluding hydrogens is 280 g/mol. The molecule has 3 rings (SSSR count). The highest BCUT2D eigenvalue weighted by Crippen LogP contribution is 2.24. The van der Waals surface area contributed by atoms with Crippen LogP contribution < -0.4 is 0 Å². The fourth-order valence-electron chi connectivity index (χ4n) is 3.41. The van der Waals surface area contributed by atoms with Gasteiger partial charge in [0.05, 0.1) is 19.4 Å². The molecule has 6 heteroatoms. The van der Waals surface area contributed by atoms with Crippen LogP contribution in [0.3, 0.4) is 0 Å². The van der Waals surface area contributed by atoms with Gasteiger partial charge < -0.3 is 14.6 Å². The molecule has 2 saturated heterocycles. The first-order chi connectivity index (χ1) is 10.6. The van der Waals surface area contributed by atoms with E-state index in [9.17, 15) is 4.79 Å². The van der Waals surface area contributed by atoms with E-state index in [4.69, 9.17) is 4.74 Å². The average Bonchev–Trinajstić information content (AvgIpc) is 3.14. The highest BCUT2D eigenvalue weighted by molar-refractivity contribution is 5.92. The summed E-state index contributed by atoms with van der Waals surface area (Å²) in [4.78, 5) is 24.6. The maximum Gasteiger partial charge on any atom is 0.271 e. The molecule has 122 valence electrons. The molecule has 2 aliphatic heterocycles. The SMILES string of the molecule is CC(C)c1ncc(C(=O)N2CC(C)C(N3CCOCC3)C2)[nH]1. The number of rotatable bonds is 3. The molecule has 22 heavy (non-hydrogen) atoms. The van der Waals surface area contributed by atoms with Crippen LogP contribution in [0.1, 0.15) is 43.0 Å². The zero-order valence-corrected chi connectivity index (χ0v) is 13.7. The summed E-state index contributed by atoms with van der Waals surface area (Å²) in [5, 5.41) is 0. The van der Waals surface area contributed by atoms with Gasteiger partial charge in [-0.2, -0.15) is 0 Å². The van der Waals surface area contributed by atoms with E-state index < -0.39 is 0 Å². The number of nitrogens with zero attached hydrogens (tertiary/aromatic N) is 3. The zero-order valence-electron chi connectivity index (χ0n) is 13.7. The average molecular weight is 306 g/mol. The molecule has 0 saturated carbocycles. The van der Waals surface area contributed by atoms with Crippen molar-refractivity contribution in [1.29, 1.82) is 0 Å². The summed E-state index contributed by atoms with van der Waals surface area (Å²) in [5.41, 5.74) is 0.610. The minimum absolute atomic E-state index is 0.0713. The van der Waals surface area contributed by atoms with E-state index in [-0.39, 0.29) is 5.91 Å². The van der Waals surface area contributed by atoms with Crippen LogP contribution in [-0.4, -0.2) is 71.1 Å². The number of nitrogens with one attached hydrogen (secondary N) is 1. The van der Waals surface area contributed by atoms with Crippen molar-refractivity contribution in [3.05, 3.63) is 17.7 Å². The summed E-state index contributed by atoms with van der Waals surface area (Å²) >= 11 is 0. The van der Waals surface area contributed by atoms with Crippen molar-refractivity contribution in [2.75, 3.05) is 39.4 Å². The van der Waals surface area contributed by atoms with Gasteiger partial charge >= 0.3 is 0 Å². The number of ether oxygens (including phenoxy) is 1. The number of hydrogen-bond donors (Lipinski definition) is 1. The van der Waals surface area contributed by atoms with Gasteiger partial charge in [0.15, 0.2) is 0 Å². The lowest BCUT2D eigenvalue weighted by molar-refractivity contribution is 0.0119.